The summed E-state index contributed by atoms with van der Waals surface area (Å²) in [5.41, 5.74) is 0.855. The molecule has 0 radical (unpaired) electrons. The summed E-state index contributed by atoms with van der Waals surface area (Å²) in [5.74, 6) is 1.44. The average Bonchev–Trinajstić information content (AvgIpc) is 3.22. The summed E-state index contributed by atoms with van der Waals surface area (Å²) >= 11 is 4.86. The van der Waals surface area contributed by atoms with Crippen molar-refractivity contribution in [1.82, 2.24) is 24.8 Å². The molecule has 0 spiro atoms. The van der Waals surface area contributed by atoms with Gasteiger partial charge in [-0.1, -0.05) is 11.3 Å². The molecule has 0 aromatic carbocycles. The smallest absolute Gasteiger partial charge is 0.235 e. The molecule has 4 aromatic heterocycles. The lowest BCUT2D eigenvalue weighted by Gasteiger charge is -1.96. The van der Waals surface area contributed by atoms with Crippen molar-refractivity contribution < 1.29 is 4.42 Å². The second-order valence-electron chi connectivity index (χ2n) is 4.40. The van der Waals surface area contributed by atoms with E-state index in [1.807, 2.05) is 30.4 Å². The monoisotopic (exact) mass is 373 g/mol. The number of aromatic nitrogens is 5. The fraction of sp³-hybridized carbons (Fsp3) is 0. The van der Waals surface area contributed by atoms with Crippen molar-refractivity contribution in [2.75, 3.05) is 0 Å². The molecule has 8 heteroatoms. The Bertz CT molecular complexity index is 957. The lowest BCUT2D eigenvalue weighted by molar-refractivity contribution is 0.557. The quantitative estimate of drug-likeness (QED) is 0.546. The standard InChI is InChI=1S/C14H8BrN5OS/c15-10-6-9(7-16-8-10)13-17-18-14-20(13)19-12(22-14)4-3-11-2-1-5-21-11/h1-8H/b4-3+. The van der Waals surface area contributed by atoms with Gasteiger partial charge in [0.1, 0.15) is 10.8 Å². The zero-order valence-corrected chi connectivity index (χ0v) is 13.5. The molecule has 4 aromatic rings. The lowest BCUT2D eigenvalue weighted by atomic mass is 10.3. The SMILES string of the molecule is Brc1cncc(-c2nnc3sc(/C=C/c4ccco4)nn23)c1. The van der Waals surface area contributed by atoms with E-state index in [-0.39, 0.29) is 0 Å². The van der Waals surface area contributed by atoms with Crippen LogP contribution in [0.1, 0.15) is 10.8 Å². The van der Waals surface area contributed by atoms with Crippen LogP contribution in [0.5, 0.6) is 0 Å². The van der Waals surface area contributed by atoms with Crippen LogP contribution in [0.4, 0.5) is 0 Å². The molecule has 108 valence electrons. The van der Waals surface area contributed by atoms with Gasteiger partial charge in [-0.05, 0) is 46.3 Å². The number of hydrogen-bond donors (Lipinski definition) is 0. The zero-order chi connectivity index (χ0) is 14.9. The summed E-state index contributed by atoms with van der Waals surface area (Å²) < 4.78 is 7.86. The van der Waals surface area contributed by atoms with Crippen LogP contribution in [0.25, 0.3) is 28.5 Å². The van der Waals surface area contributed by atoms with E-state index in [1.165, 1.54) is 11.3 Å². The highest BCUT2D eigenvalue weighted by molar-refractivity contribution is 9.10. The van der Waals surface area contributed by atoms with Crippen LogP contribution in [-0.4, -0.2) is 24.8 Å². The first-order chi connectivity index (χ1) is 10.8. The van der Waals surface area contributed by atoms with Crippen LogP contribution in [0.3, 0.4) is 0 Å². The van der Waals surface area contributed by atoms with Crippen molar-refractivity contribution in [3.05, 3.63) is 52.1 Å². The van der Waals surface area contributed by atoms with E-state index in [0.717, 1.165) is 25.8 Å². The first-order valence-corrected chi connectivity index (χ1v) is 7.95. The molecule has 22 heavy (non-hydrogen) atoms. The molecule has 0 amide bonds. The number of nitrogens with zero attached hydrogens (tertiary/aromatic N) is 5. The Balaban J connectivity index is 1.73. The summed E-state index contributed by atoms with van der Waals surface area (Å²) in [6.07, 6.45) is 8.85. The van der Waals surface area contributed by atoms with E-state index < -0.39 is 0 Å². The minimum Gasteiger partial charge on any atom is -0.465 e. The highest BCUT2D eigenvalue weighted by Gasteiger charge is 2.12. The Morgan fingerprint density at radius 1 is 1.23 bits per heavy atom. The van der Waals surface area contributed by atoms with Gasteiger partial charge in [0.15, 0.2) is 5.82 Å². The molecule has 0 unspecified atom stereocenters. The van der Waals surface area contributed by atoms with E-state index in [4.69, 9.17) is 4.42 Å². The third-order valence-corrected chi connectivity index (χ3v) is 4.20. The van der Waals surface area contributed by atoms with Gasteiger partial charge >= 0.3 is 0 Å². The van der Waals surface area contributed by atoms with Crippen molar-refractivity contribution >= 4 is 44.4 Å². The molecule has 0 aliphatic rings. The molecule has 0 saturated heterocycles. The summed E-state index contributed by atoms with van der Waals surface area (Å²) in [6.45, 7) is 0. The summed E-state index contributed by atoms with van der Waals surface area (Å²) in [4.78, 5) is 4.88. The van der Waals surface area contributed by atoms with Crippen molar-refractivity contribution in [2.24, 2.45) is 0 Å². The summed E-state index contributed by atoms with van der Waals surface area (Å²) in [7, 11) is 0. The van der Waals surface area contributed by atoms with Gasteiger partial charge in [0.05, 0.1) is 6.26 Å². The molecule has 0 aliphatic heterocycles. The third-order valence-electron chi connectivity index (χ3n) is 2.90. The van der Waals surface area contributed by atoms with Gasteiger partial charge in [-0.3, -0.25) is 4.98 Å². The van der Waals surface area contributed by atoms with Crippen molar-refractivity contribution in [3.63, 3.8) is 0 Å². The van der Waals surface area contributed by atoms with Crippen LogP contribution < -0.4 is 0 Å². The van der Waals surface area contributed by atoms with Crippen molar-refractivity contribution in [2.45, 2.75) is 0 Å². The number of halogens is 1. The largest absolute Gasteiger partial charge is 0.465 e. The maximum atomic E-state index is 5.26. The van der Waals surface area contributed by atoms with E-state index in [2.05, 4.69) is 36.2 Å². The summed E-state index contributed by atoms with van der Waals surface area (Å²) in [6, 6.07) is 5.66. The Labute approximate surface area is 137 Å². The maximum Gasteiger partial charge on any atom is 0.235 e. The van der Waals surface area contributed by atoms with Gasteiger partial charge in [-0.15, -0.1) is 10.2 Å². The van der Waals surface area contributed by atoms with Crippen molar-refractivity contribution in [3.8, 4) is 11.4 Å². The number of fused-ring (bicyclic) bond motifs is 1. The summed E-state index contributed by atoms with van der Waals surface area (Å²) in [5, 5.41) is 13.7. The topological polar surface area (TPSA) is 69.1 Å². The minimum absolute atomic E-state index is 0.665. The molecule has 0 N–H and O–H groups in total. The predicted octanol–water partition coefficient (Wildman–Crippen LogP) is 3.77. The van der Waals surface area contributed by atoms with E-state index in [1.54, 1.807) is 23.2 Å². The number of furan rings is 1. The predicted molar refractivity (Wildman–Crippen MR) is 87.2 cm³/mol. The average molecular weight is 374 g/mol. The molecule has 4 heterocycles. The highest BCUT2D eigenvalue weighted by Crippen LogP contribution is 2.24. The molecule has 0 atom stereocenters. The molecule has 0 saturated carbocycles. The van der Waals surface area contributed by atoms with E-state index in [0.29, 0.717) is 5.82 Å². The first-order valence-electron chi connectivity index (χ1n) is 6.34. The first kappa shape index (κ1) is 13.4. The van der Waals surface area contributed by atoms with Crippen LogP contribution in [-0.2, 0) is 0 Å². The Morgan fingerprint density at radius 3 is 3.00 bits per heavy atom. The second-order valence-corrected chi connectivity index (χ2v) is 6.30. The molecule has 4 rings (SSSR count). The highest BCUT2D eigenvalue weighted by atomic mass is 79.9. The van der Waals surface area contributed by atoms with Crippen molar-refractivity contribution in [1.29, 1.82) is 0 Å². The fourth-order valence-corrected chi connectivity index (χ4v) is 3.06. The van der Waals surface area contributed by atoms with E-state index >= 15 is 0 Å². The lowest BCUT2D eigenvalue weighted by Crippen LogP contribution is -1.91. The fourth-order valence-electron chi connectivity index (χ4n) is 1.95. The maximum absolute atomic E-state index is 5.26. The van der Waals surface area contributed by atoms with Crippen LogP contribution in [0, 0.1) is 0 Å². The zero-order valence-electron chi connectivity index (χ0n) is 11.0. The van der Waals surface area contributed by atoms with Gasteiger partial charge in [0.25, 0.3) is 0 Å². The van der Waals surface area contributed by atoms with Gasteiger partial charge in [0.2, 0.25) is 4.96 Å². The Hall–Kier alpha value is -2.32. The number of pyridine rings is 1. The molecule has 6 nitrogen and oxygen atoms in total. The van der Waals surface area contributed by atoms with Crippen LogP contribution in [0.15, 0.2) is 45.7 Å². The Kier molecular flexibility index (Phi) is 3.32. The third kappa shape index (κ3) is 2.46. The molecule has 0 aliphatic carbocycles. The molecular weight excluding hydrogens is 366 g/mol. The van der Waals surface area contributed by atoms with Crippen LogP contribution in [0.2, 0.25) is 0 Å². The molecule has 0 bridgehead atoms. The minimum atomic E-state index is 0.665. The normalized spacial score (nSPS) is 11.7. The van der Waals surface area contributed by atoms with Gasteiger partial charge in [-0.2, -0.15) is 9.61 Å². The van der Waals surface area contributed by atoms with Crippen LogP contribution >= 0.6 is 27.3 Å². The number of rotatable bonds is 3. The number of hydrogen-bond acceptors (Lipinski definition) is 6. The van der Waals surface area contributed by atoms with Gasteiger partial charge < -0.3 is 4.42 Å². The Morgan fingerprint density at radius 2 is 2.18 bits per heavy atom. The second kappa shape index (κ2) is 5.47. The van der Waals surface area contributed by atoms with E-state index in [9.17, 15) is 0 Å². The van der Waals surface area contributed by atoms with Gasteiger partial charge in [0, 0.05) is 22.4 Å². The van der Waals surface area contributed by atoms with Gasteiger partial charge in [-0.25, -0.2) is 0 Å². The molecular formula is C14H8BrN5OS. The molecule has 0 fully saturated rings.